The second-order valence-electron chi connectivity index (χ2n) is 28.8. The number of nitrogens with one attached hydrogen (secondary N) is 5. The summed E-state index contributed by atoms with van der Waals surface area (Å²) in [5.74, 6) is 3.54. The molecule has 6 aromatic rings. The van der Waals surface area contributed by atoms with Gasteiger partial charge in [-0.15, -0.1) is 0 Å². The van der Waals surface area contributed by atoms with Gasteiger partial charge in [0.2, 0.25) is 0 Å². The molecule has 91 heavy (non-hydrogen) atoms. The second-order valence-corrected chi connectivity index (χ2v) is 28.8. The summed E-state index contributed by atoms with van der Waals surface area (Å²) in [4.78, 5) is 30.7. The molecule has 2 saturated carbocycles. The minimum absolute atomic E-state index is 0.0617. The number of benzene rings is 2. The average molecular weight is 1240 g/mol. The number of likely N-dealkylation sites (tertiary alicyclic amines) is 1. The molecule has 1 aliphatic heterocycles. The van der Waals surface area contributed by atoms with Crippen molar-refractivity contribution in [3.05, 3.63) is 89.2 Å². The molecule has 0 amide bonds. The first kappa shape index (κ1) is 70.0. The van der Waals surface area contributed by atoms with E-state index in [2.05, 4.69) is 182 Å². The summed E-state index contributed by atoms with van der Waals surface area (Å²) in [6.45, 7) is 35.4. The van der Waals surface area contributed by atoms with Crippen molar-refractivity contribution in [2.24, 2.45) is 11.8 Å². The van der Waals surface area contributed by atoms with E-state index in [9.17, 15) is 0 Å². The van der Waals surface area contributed by atoms with E-state index in [1.165, 1.54) is 206 Å². The molecule has 4 atom stereocenters. The van der Waals surface area contributed by atoms with E-state index in [-0.39, 0.29) is 5.41 Å². The van der Waals surface area contributed by atoms with E-state index in [4.69, 9.17) is 19.9 Å². The lowest BCUT2D eigenvalue weighted by Gasteiger charge is -2.32. The van der Waals surface area contributed by atoms with Crippen molar-refractivity contribution in [1.82, 2.24) is 39.5 Å². The first-order chi connectivity index (χ1) is 44.3. The molecule has 3 fully saturated rings. The van der Waals surface area contributed by atoms with Gasteiger partial charge in [0.15, 0.2) is 0 Å². The van der Waals surface area contributed by atoms with E-state index < -0.39 is 0 Å². The van der Waals surface area contributed by atoms with E-state index in [1.54, 1.807) is 0 Å². The Kier molecular flexibility index (Phi) is 27.5. The predicted octanol–water partition coefficient (Wildman–Crippen LogP) is 17.5. The number of pyridine rings is 4. The molecule has 4 unspecified atom stereocenters. The summed E-state index contributed by atoms with van der Waals surface area (Å²) >= 11 is 0. The number of anilines is 5. The number of fused-ring (bicyclic) bond motifs is 3. The Hall–Kier alpha value is -5.34. The highest BCUT2D eigenvalue weighted by atomic mass is 15.1. The van der Waals surface area contributed by atoms with E-state index in [0.29, 0.717) is 18.1 Å². The third-order valence-corrected chi connectivity index (χ3v) is 21.3. The third-order valence-electron chi connectivity index (χ3n) is 21.3. The van der Waals surface area contributed by atoms with Gasteiger partial charge in [0, 0.05) is 64.8 Å². The van der Waals surface area contributed by atoms with Crippen LogP contribution in [0.1, 0.15) is 212 Å². The van der Waals surface area contributed by atoms with Gasteiger partial charge in [0.25, 0.3) is 0 Å². The van der Waals surface area contributed by atoms with E-state index in [0.717, 1.165) is 122 Å². The lowest BCUT2D eigenvalue weighted by Crippen LogP contribution is -2.36. The van der Waals surface area contributed by atoms with Crippen molar-refractivity contribution < 1.29 is 0 Å². The summed E-state index contributed by atoms with van der Waals surface area (Å²) in [7, 11) is 2.23. The Balaban J connectivity index is 0.663. The minimum Gasteiger partial charge on any atom is -0.384 e. The molecule has 9 rings (SSSR count). The number of hydrogen-bond acceptors (Lipinski definition) is 13. The van der Waals surface area contributed by atoms with Crippen molar-refractivity contribution in [2.45, 2.75) is 234 Å². The van der Waals surface area contributed by atoms with Crippen LogP contribution in [0.15, 0.2) is 66.7 Å². The minimum atomic E-state index is 0.0617. The smallest absolute Gasteiger partial charge is 0.127 e. The number of piperidine rings is 1. The predicted molar refractivity (Wildman–Crippen MR) is 392 cm³/mol. The Morgan fingerprint density at radius 1 is 0.505 bits per heavy atom. The maximum atomic E-state index is 5.32. The fourth-order valence-electron chi connectivity index (χ4n) is 15.4. The Bertz CT molecular complexity index is 3130. The van der Waals surface area contributed by atoms with Crippen molar-refractivity contribution in [3.8, 4) is 0 Å². The second kappa shape index (κ2) is 35.8. The van der Waals surface area contributed by atoms with Crippen LogP contribution in [0.25, 0.3) is 32.8 Å². The van der Waals surface area contributed by atoms with Gasteiger partial charge in [-0.05, 0) is 278 Å². The zero-order chi connectivity index (χ0) is 64.0. The van der Waals surface area contributed by atoms with E-state index in [1.807, 2.05) is 0 Å². The summed E-state index contributed by atoms with van der Waals surface area (Å²) < 4.78 is 0. The highest BCUT2D eigenvalue weighted by Gasteiger charge is 2.27. The van der Waals surface area contributed by atoms with Crippen LogP contribution in [0, 0.1) is 25.7 Å². The molecule has 0 radical (unpaired) electrons. The maximum absolute atomic E-state index is 5.32. The number of unbranched alkanes of at least 4 members (excludes halogenated alkanes) is 6. The van der Waals surface area contributed by atoms with E-state index >= 15 is 0 Å². The number of aromatic nitrogens is 4. The lowest BCUT2D eigenvalue weighted by molar-refractivity contribution is 0.230. The normalized spacial score (nSPS) is 18.7. The zero-order valence-electron chi connectivity index (χ0n) is 58.8. The van der Waals surface area contributed by atoms with Gasteiger partial charge in [-0.25, -0.2) is 9.97 Å². The van der Waals surface area contributed by atoms with Crippen LogP contribution in [-0.4, -0.2) is 150 Å². The first-order valence-corrected chi connectivity index (χ1v) is 37.0. The standard InChI is InChI=1S/C78H123N13/c1-11-60-53-63-31-35-74(84-64-39-47-88(10)48-40-64)86-76(63)69(56-60)78(8,9)41-19-16-22-45-90(14-4)49-37-61-27-25-29-65(54-61)83-67-32-33-70-68(57-67)72(51-58(6)81-70)79-42-20-18-24-46-91(15-5)50-38-62-28-26-30-66(55-62)85-75-36-34-71-77(87-75)73(52-59(7)82-71)80-43-21-17-23-44-89(12-2)13-3/h31-36,51-53,56-57,61-62,64-66,83H,11-30,37-50,54-55H2,1-10H3,(H,79,81)(H,80,82)(H,84,86)(H,85,87). The van der Waals surface area contributed by atoms with Crippen LogP contribution in [0.3, 0.4) is 0 Å². The van der Waals surface area contributed by atoms with Gasteiger partial charge in [0.1, 0.15) is 17.2 Å². The molecule has 5 heterocycles. The monoisotopic (exact) mass is 1240 g/mol. The molecule has 2 aliphatic carbocycles. The SMILES string of the molecule is CCc1cc(C(C)(C)CCCCCN(CC)CCC2CCCC(Nc3ccc4nc(C)cc(NCCCCCN(CC)CCC5CCCC(Nc6ccc7nc(C)cc(NCCCCCN(CC)CC)c7n6)C5)c4c3)C2)c2nc(NC3CCN(C)CC3)ccc2c1. The van der Waals surface area contributed by atoms with Crippen LogP contribution in [0.2, 0.25) is 0 Å². The van der Waals surface area contributed by atoms with Crippen molar-refractivity contribution in [1.29, 1.82) is 0 Å². The van der Waals surface area contributed by atoms with Crippen LogP contribution in [-0.2, 0) is 11.8 Å². The van der Waals surface area contributed by atoms with Gasteiger partial charge in [-0.3, -0.25) is 9.97 Å². The van der Waals surface area contributed by atoms with Gasteiger partial charge >= 0.3 is 0 Å². The molecule has 13 heteroatoms. The third kappa shape index (κ3) is 21.3. The molecule has 5 N–H and O–H groups in total. The van der Waals surface area contributed by atoms with Crippen molar-refractivity contribution in [2.75, 3.05) is 119 Å². The quantitative estimate of drug-likeness (QED) is 0.0237. The van der Waals surface area contributed by atoms with Crippen molar-refractivity contribution in [3.63, 3.8) is 0 Å². The molecular weight excluding hydrogens is 1120 g/mol. The Morgan fingerprint density at radius 2 is 1.05 bits per heavy atom. The summed E-state index contributed by atoms with van der Waals surface area (Å²) in [5, 5.41) is 21.8. The molecule has 0 spiro atoms. The molecule has 4 aromatic heterocycles. The largest absolute Gasteiger partial charge is 0.384 e. The maximum Gasteiger partial charge on any atom is 0.127 e. The fraction of sp³-hybridized carbons (Fsp3) is 0.667. The Labute approximate surface area is 551 Å². The molecule has 2 aromatic carbocycles. The van der Waals surface area contributed by atoms with Gasteiger partial charge < -0.3 is 46.2 Å². The van der Waals surface area contributed by atoms with Gasteiger partial charge in [0.05, 0.1) is 22.2 Å². The number of aryl methyl sites for hydroxylation is 3. The summed E-state index contributed by atoms with van der Waals surface area (Å²) in [5.41, 5.74) is 12.8. The lowest BCUT2D eigenvalue weighted by atomic mass is 9.78. The van der Waals surface area contributed by atoms with Crippen LogP contribution < -0.4 is 26.6 Å². The molecule has 500 valence electrons. The zero-order valence-corrected chi connectivity index (χ0v) is 58.8. The fourth-order valence-corrected chi connectivity index (χ4v) is 15.4. The topological polar surface area (TPSA) is 125 Å². The molecular formula is C78H123N13. The Morgan fingerprint density at radius 3 is 1.69 bits per heavy atom. The van der Waals surface area contributed by atoms with Gasteiger partial charge in [-0.1, -0.05) is 106 Å². The summed E-state index contributed by atoms with van der Waals surface area (Å²) in [6.07, 6.45) is 28.5. The number of nitrogens with zero attached hydrogens (tertiary/aromatic N) is 8. The molecule has 13 nitrogen and oxygen atoms in total. The van der Waals surface area contributed by atoms with Gasteiger partial charge in [-0.2, -0.15) is 0 Å². The van der Waals surface area contributed by atoms with Crippen LogP contribution in [0.4, 0.5) is 28.7 Å². The molecule has 1 saturated heterocycles. The average Bonchev–Trinajstić information content (AvgIpc) is 0.863. The van der Waals surface area contributed by atoms with Crippen LogP contribution >= 0.6 is 0 Å². The number of hydrogen-bond donors (Lipinski definition) is 5. The van der Waals surface area contributed by atoms with Crippen molar-refractivity contribution >= 4 is 61.5 Å². The first-order valence-electron chi connectivity index (χ1n) is 37.0. The number of rotatable bonds is 38. The molecule has 3 aliphatic rings. The molecule has 0 bridgehead atoms. The highest BCUT2D eigenvalue weighted by molar-refractivity contribution is 5.94. The summed E-state index contributed by atoms with van der Waals surface area (Å²) in [6, 6.07) is 26.4. The van der Waals surface area contributed by atoms with Crippen LogP contribution in [0.5, 0.6) is 0 Å². The highest BCUT2D eigenvalue weighted by Crippen LogP contribution is 2.37.